The molecule has 0 saturated carbocycles. The predicted molar refractivity (Wildman–Crippen MR) is 84.6 cm³/mol. The van der Waals surface area contributed by atoms with Crippen molar-refractivity contribution in [3.8, 4) is 11.5 Å². The molecule has 21 heavy (non-hydrogen) atoms. The summed E-state index contributed by atoms with van der Waals surface area (Å²) in [5, 5.41) is 0.903. The number of hydrogen-bond donors (Lipinski definition) is 1. The molecule has 106 valence electrons. The van der Waals surface area contributed by atoms with Gasteiger partial charge in [0.1, 0.15) is 11.5 Å². The molecule has 0 spiro atoms. The first kappa shape index (κ1) is 13.4. The number of nitrogens with zero attached hydrogens (tertiary/aromatic N) is 2. The number of anilines is 1. The van der Waals surface area contributed by atoms with E-state index < -0.39 is 0 Å². The molecule has 0 aliphatic rings. The van der Waals surface area contributed by atoms with Gasteiger partial charge in [-0.1, -0.05) is 13.0 Å². The van der Waals surface area contributed by atoms with Crippen molar-refractivity contribution in [1.29, 1.82) is 0 Å². The maximum atomic E-state index is 6.07. The Morgan fingerprint density at radius 2 is 1.95 bits per heavy atom. The van der Waals surface area contributed by atoms with Gasteiger partial charge in [0.05, 0.1) is 16.9 Å². The highest BCUT2D eigenvalue weighted by atomic mass is 16.5. The van der Waals surface area contributed by atoms with Crippen molar-refractivity contribution >= 4 is 16.6 Å². The van der Waals surface area contributed by atoms with Crippen molar-refractivity contribution in [2.45, 2.75) is 20.3 Å². The van der Waals surface area contributed by atoms with E-state index >= 15 is 0 Å². The number of aromatic nitrogens is 2. The number of para-hydroxylation sites is 1. The van der Waals surface area contributed by atoms with Crippen LogP contribution >= 0.6 is 0 Å². The van der Waals surface area contributed by atoms with Gasteiger partial charge in [0.2, 0.25) is 0 Å². The first-order chi connectivity index (χ1) is 10.2. The highest BCUT2D eigenvalue weighted by Crippen LogP contribution is 2.32. The lowest BCUT2D eigenvalue weighted by molar-refractivity contribution is 0.478. The van der Waals surface area contributed by atoms with Crippen LogP contribution in [0.25, 0.3) is 10.9 Å². The number of aryl methyl sites for hydroxylation is 2. The number of fused-ring (bicyclic) bond motifs is 1. The van der Waals surface area contributed by atoms with E-state index in [-0.39, 0.29) is 0 Å². The lowest BCUT2D eigenvalue weighted by atomic mass is 10.2. The Bertz CT molecular complexity index is 799. The average Bonchev–Trinajstić information content (AvgIpc) is 2.50. The van der Waals surface area contributed by atoms with E-state index in [2.05, 4.69) is 16.9 Å². The fraction of sp³-hybridized carbons (Fsp3) is 0.176. The normalized spacial score (nSPS) is 10.8. The van der Waals surface area contributed by atoms with Gasteiger partial charge in [-0.2, -0.15) is 0 Å². The van der Waals surface area contributed by atoms with Crippen LogP contribution in [0.1, 0.15) is 18.3 Å². The third-order valence-electron chi connectivity index (χ3n) is 3.39. The Morgan fingerprint density at radius 1 is 1.10 bits per heavy atom. The zero-order valence-corrected chi connectivity index (χ0v) is 12.1. The summed E-state index contributed by atoms with van der Waals surface area (Å²) in [5.74, 6) is 1.52. The third-order valence-corrected chi connectivity index (χ3v) is 3.39. The van der Waals surface area contributed by atoms with E-state index in [9.17, 15) is 0 Å². The molecule has 0 amide bonds. The quantitative estimate of drug-likeness (QED) is 0.739. The van der Waals surface area contributed by atoms with E-state index in [1.807, 2.05) is 43.3 Å². The molecule has 2 aromatic heterocycles. The smallest absolute Gasteiger partial charge is 0.148 e. The van der Waals surface area contributed by atoms with Gasteiger partial charge in [-0.15, -0.1) is 0 Å². The average molecular weight is 279 g/mol. The minimum absolute atomic E-state index is 0.649. The molecule has 4 heteroatoms. The van der Waals surface area contributed by atoms with Gasteiger partial charge in [-0.25, -0.2) is 0 Å². The Kier molecular flexibility index (Phi) is 3.44. The second-order valence-electron chi connectivity index (χ2n) is 4.91. The van der Waals surface area contributed by atoms with E-state index in [4.69, 9.17) is 10.5 Å². The van der Waals surface area contributed by atoms with Crippen LogP contribution in [0.5, 0.6) is 11.5 Å². The summed E-state index contributed by atoms with van der Waals surface area (Å²) in [4.78, 5) is 8.84. The molecule has 0 atom stereocenters. The summed E-state index contributed by atoms with van der Waals surface area (Å²) in [7, 11) is 0. The monoisotopic (exact) mass is 279 g/mol. The van der Waals surface area contributed by atoms with E-state index in [1.54, 1.807) is 6.20 Å². The maximum absolute atomic E-state index is 6.07. The topological polar surface area (TPSA) is 61.0 Å². The Morgan fingerprint density at radius 3 is 2.76 bits per heavy atom. The fourth-order valence-electron chi connectivity index (χ4n) is 2.32. The van der Waals surface area contributed by atoms with Crippen molar-refractivity contribution in [3.05, 3.63) is 54.0 Å². The van der Waals surface area contributed by atoms with Crippen LogP contribution in [0.15, 0.2) is 42.6 Å². The van der Waals surface area contributed by atoms with Crippen LogP contribution in [0.3, 0.4) is 0 Å². The predicted octanol–water partition coefficient (Wildman–Crippen LogP) is 3.88. The van der Waals surface area contributed by atoms with Crippen LogP contribution in [0, 0.1) is 6.92 Å². The standard InChI is InChI=1S/C17H17N3O/c1-3-14-16(8-7-11(2)20-14)21-15-9-10-19-17-12(15)5-4-6-13(17)18/h4-10H,3,18H2,1-2H3. The maximum Gasteiger partial charge on any atom is 0.148 e. The molecule has 0 aliphatic carbocycles. The molecule has 0 unspecified atom stereocenters. The van der Waals surface area contributed by atoms with Crippen LogP contribution in [0.2, 0.25) is 0 Å². The number of pyridine rings is 2. The van der Waals surface area contributed by atoms with Gasteiger partial charge in [-0.3, -0.25) is 9.97 Å². The number of benzene rings is 1. The molecule has 2 N–H and O–H groups in total. The molecule has 0 fully saturated rings. The summed E-state index contributed by atoms with van der Waals surface area (Å²) >= 11 is 0. The molecule has 4 nitrogen and oxygen atoms in total. The molecule has 0 saturated heterocycles. The zero-order valence-electron chi connectivity index (χ0n) is 12.1. The van der Waals surface area contributed by atoms with Crippen LogP contribution in [-0.2, 0) is 6.42 Å². The van der Waals surface area contributed by atoms with Crippen molar-refractivity contribution in [1.82, 2.24) is 9.97 Å². The van der Waals surface area contributed by atoms with Crippen molar-refractivity contribution in [3.63, 3.8) is 0 Å². The number of hydrogen-bond acceptors (Lipinski definition) is 4. The van der Waals surface area contributed by atoms with Gasteiger partial charge in [-0.05, 0) is 43.7 Å². The molecule has 3 rings (SSSR count). The fourth-order valence-corrected chi connectivity index (χ4v) is 2.32. The number of nitrogens with two attached hydrogens (primary N) is 1. The van der Waals surface area contributed by atoms with Gasteiger partial charge in [0.25, 0.3) is 0 Å². The molecule has 0 aliphatic heterocycles. The summed E-state index contributed by atoms with van der Waals surface area (Å²) in [6.07, 6.45) is 2.53. The lowest BCUT2D eigenvalue weighted by Crippen LogP contribution is -1.97. The molecule has 3 aromatic rings. The van der Waals surface area contributed by atoms with Gasteiger partial charge >= 0.3 is 0 Å². The number of rotatable bonds is 3. The molecule has 0 bridgehead atoms. The van der Waals surface area contributed by atoms with E-state index in [1.165, 1.54) is 0 Å². The second-order valence-corrected chi connectivity index (χ2v) is 4.91. The van der Waals surface area contributed by atoms with Crippen molar-refractivity contribution in [2.75, 3.05) is 5.73 Å². The minimum Gasteiger partial charge on any atom is -0.455 e. The number of nitrogen functional groups attached to an aromatic ring is 1. The number of ether oxygens (including phenoxy) is 1. The molecule has 0 radical (unpaired) electrons. The van der Waals surface area contributed by atoms with Crippen LogP contribution in [-0.4, -0.2) is 9.97 Å². The third kappa shape index (κ3) is 2.52. The highest BCUT2D eigenvalue weighted by Gasteiger charge is 2.09. The van der Waals surface area contributed by atoms with Crippen LogP contribution in [0.4, 0.5) is 5.69 Å². The minimum atomic E-state index is 0.649. The summed E-state index contributed by atoms with van der Waals surface area (Å²) in [6, 6.07) is 11.5. The molecular formula is C17H17N3O. The van der Waals surface area contributed by atoms with Crippen molar-refractivity contribution in [2.24, 2.45) is 0 Å². The zero-order chi connectivity index (χ0) is 14.8. The first-order valence-corrected chi connectivity index (χ1v) is 6.96. The Labute approximate surface area is 123 Å². The molecular weight excluding hydrogens is 262 g/mol. The highest BCUT2D eigenvalue weighted by molar-refractivity contribution is 5.93. The SMILES string of the molecule is CCc1nc(C)ccc1Oc1ccnc2c(N)cccc12. The van der Waals surface area contributed by atoms with Gasteiger partial charge in [0, 0.05) is 17.3 Å². The Hall–Kier alpha value is -2.62. The largest absolute Gasteiger partial charge is 0.455 e. The molecule has 1 aromatic carbocycles. The van der Waals surface area contributed by atoms with E-state index in [0.29, 0.717) is 5.69 Å². The van der Waals surface area contributed by atoms with Gasteiger partial charge in [0.15, 0.2) is 0 Å². The summed E-state index contributed by atoms with van der Waals surface area (Å²) in [6.45, 7) is 4.04. The van der Waals surface area contributed by atoms with Crippen molar-refractivity contribution < 1.29 is 4.74 Å². The summed E-state index contributed by atoms with van der Waals surface area (Å²) in [5.41, 5.74) is 9.31. The Balaban J connectivity index is 2.09. The molecule has 2 heterocycles. The van der Waals surface area contributed by atoms with E-state index in [0.717, 1.165) is 40.2 Å². The van der Waals surface area contributed by atoms with Crippen LogP contribution < -0.4 is 10.5 Å². The van der Waals surface area contributed by atoms with Gasteiger partial charge < -0.3 is 10.5 Å². The lowest BCUT2D eigenvalue weighted by Gasteiger charge is -2.12. The second kappa shape index (κ2) is 5.40. The first-order valence-electron chi connectivity index (χ1n) is 6.96. The summed E-state index contributed by atoms with van der Waals surface area (Å²) < 4.78 is 6.07.